The molecule has 2 aromatic carbocycles. The average molecular weight is 443 g/mol. The molecular formula is C24H30N2O4S. The second kappa shape index (κ2) is 9.40. The normalized spacial score (nSPS) is 20.4. The van der Waals surface area contributed by atoms with Gasteiger partial charge in [-0.3, -0.25) is 4.79 Å². The first-order valence-corrected chi connectivity index (χ1v) is 12.5. The first-order chi connectivity index (χ1) is 15.0. The minimum absolute atomic E-state index is 0.107. The van der Waals surface area contributed by atoms with Crippen LogP contribution in [0.25, 0.3) is 0 Å². The van der Waals surface area contributed by atoms with Gasteiger partial charge in [-0.15, -0.1) is 0 Å². The Labute approximate surface area is 184 Å². The third-order valence-electron chi connectivity index (χ3n) is 6.35. The van der Waals surface area contributed by atoms with E-state index in [1.165, 1.54) is 5.56 Å². The number of likely N-dealkylation sites (tertiary alicyclic amines) is 1. The molecule has 1 unspecified atom stereocenters. The number of rotatable bonds is 5. The van der Waals surface area contributed by atoms with E-state index in [2.05, 4.69) is 0 Å². The molecule has 31 heavy (non-hydrogen) atoms. The van der Waals surface area contributed by atoms with Crippen LogP contribution in [0.2, 0.25) is 0 Å². The summed E-state index contributed by atoms with van der Waals surface area (Å²) in [7, 11) is -1.93. The Balaban J connectivity index is 1.48. The zero-order chi connectivity index (χ0) is 21.8. The number of carbonyl (C=O) groups is 1. The fraction of sp³-hybridized carbons (Fsp3) is 0.458. The van der Waals surface area contributed by atoms with Crippen LogP contribution in [0.15, 0.2) is 53.4 Å². The Kier molecular flexibility index (Phi) is 6.62. The molecule has 2 saturated heterocycles. The Morgan fingerprint density at radius 1 is 0.968 bits per heavy atom. The number of carbonyl (C=O) groups excluding carboxylic acids is 1. The fourth-order valence-electron chi connectivity index (χ4n) is 4.50. The molecule has 7 heteroatoms. The SMILES string of the molecule is COc1ccc(C2CCN(C(=O)c3cccc(S(=O)(=O)N4CCCCCC4)c3)C2)cc1. The van der Waals surface area contributed by atoms with E-state index in [1.54, 1.807) is 35.7 Å². The number of hydrogen-bond donors (Lipinski definition) is 0. The van der Waals surface area contributed by atoms with Crippen LogP contribution in [0.3, 0.4) is 0 Å². The molecule has 2 fully saturated rings. The molecule has 2 aromatic rings. The van der Waals surface area contributed by atoms with Crippen molar-refractivity contribution in [3.8, 4) is 5.75 Å². The van der Waals surface area contributed by atoms with Crippen LogP contribution in [-0.2, 0) is 10.0 Å². The lowest BCUT2D eigenvalue weighted by Gasteiger charge is -2.21. The maximum absolute atomic E-state index is 13.1. The molecule has 0 N–H and O–H groups in total. The van der Waals surface area contributed by atoms with Crippen molar-refractivity contribution in [2.24, 2.45) is 0 Å². The Morgan fingerprint density at radius 3 is 2.35 bits per heavy atom. The van der Waals surface area contributed by atoms with Crippen molar-refractivity contribution < 1.29 is 17.9 Å². The number of sulfonamides is 1. The van der Waals surface area contributed by atoms with Gasteiger partial charge >= 0.3 is 0 Å². The Hall–Kier alpha value is -2.38. The summed E-state index contributed by atoms with van der Waals surface area (Å²) < 4.78 is 33.0. The fourth-order valence-corrected chi connectivity index (χ4v) is 6.06. The van der Waals surface area contributed by atoms with E-state index in [4.69, 9.17) is 4.74 Å². The molecule has 2 aliphatic heterocycles. The summed E-state index contributed by atoms with van der Waals surface area (Å²) in [6.07, 6.45) is 4.80. The minimum Gasteiger partial charge on any atom is -0.497 e. The topological polar surface area (TPSA) is 66.9 Å². The quantitative estimate of drug-likeness (QED) is 0.705. The zero-order valence-electron chi connectivity index (χ0n) is 18.0. The van der Waals surface area contributed by atoms with Crippen LogP contribution >= 0.6 is 0 Å². The van der Waals surface area contributed by atoms with Crippen molar-refractivity contribution in [3.63, 3.8) is 0 Å². The van der Waals surface area contributed by atoms with Crippen molar-refractivity contribution >= 4 is 15.9 Å². The van der Waals surface area contributed by atoms with Gasteiger partial charge in [0, 0.05) is 37.7 Å². The van der Waals surface area contributed by atoms with Gasteiger partial charge in [0.15, 0.2) is 0 Å². The van der Waals surface area contributed by atoms with E-state index in [0.29, 0.717) is 31.7 Å². The molecule has 2 heterocycles. The van der Waals surface area contributed by atoms with Gasteiger partial charge in [-0.1, -0.05) is 31.0 Å². The van der Waals surface area contributed by atoms with Crippen LogP contribution in [0.4, 0.5) is 0 Å². The number of nitrogens with zero attached hydrogens (tertiary/aromatic N) is 2. The summed E-state index contributed by atoms with van der Waals surface area (Å²) in [6, 6.07) is 14.5. The standard InChI is InChI=1S/C24H30N2O4S/c1-30-22-11-9-19(10-12-22)21-13-16-25(18-21)24(27)20-7-6-8-23(17-20)31(28,29)26-14-4-2-3-5-15-26/h6-12,17,21H,2-5,13-16,18H2,1H3. The summed E-state index contributed by atoms with van der Waals surface area (Å²) >= 11 is 0. The van der Waals surface area contributed by atoms with Crippen LogP contribution in [-0.4, -0.2) is 56.8 Å². The molecule has 4 rings (SSSR count). The minimum atomic E-state index is -3.57. The lowest BCUT2D eigenvalue weighted by atomic mass is 9.98. The molecule has 0 aromatic heterocycles. The highest BCUT2D eigenvalue weighted by atomic mass is 32.2. The predicted molar refractivity (Wildman–Crippen MR) is 120 cm³/mol. The van der Waals surface area contributed by atoms with Gasteiger partial charge in [0.2, 0.25) is 10.0 Å². The highest BCUT2D eigenvalue weighted by Gasteiger charge is 2.30. The maximum Gasteiger partial charge on any atom is 0.253 e. The first kappa shape index (κ1) is 21.8. The third kappa shape index (κ3) is 4.77. The summed E-state index contributed by atoms with van der Waals surface area (Å²) in [4.78, 5) is 15.2. The molecule has 0 spiro atoms. The number of amides is 1. The van der Waals surface area contributed by atoms with Gasteiger partial charge in [-0.25, -0.2) is 8.42 Å². The van der Waals surface area contributed by atoms with E-state index in [0.717, 1.165) is 37.9 Å². The van der Waals surface area contributed by atoms with E-state index in [-0.39, 0.29) is 16.7 Å². The number of hydrogen-bond acceptors (Lipinski definition) is 4. The van der Waals surface area contributed by atoms with Crippen molar-refractivity contribution in [1.82, 2.24) is 9.21 Å². The number of methoxy groups -OCH3 is 1. The lowest BCUT2D eigenvalue weighted by molar-refractivity contribution is 0.0790. The van der Waals surface area contributed by atoms with Crippen LogP contribution < -0.4 is 4.74 Å². The van der Waals surface area contributed by atoms with Crippen LogP contribution in [0.5, 0.6) is 5.75 Å². The lowest BCUT2D eigenvalue weighted by Crippen LogP contribution is -2.32. The van der Waals surface area contributed by atoms with Crippen molar-refractivity contribution in [1.29, 1.82) is 0 Å². The smallest absolute Gasteiger partial charge is 0.253 e. The monoisotopic (exact) mass is 442 g/mol. The van der Waals surface area contributed by atoms with Crippen molar-refractivity contribution in [3.05, 3.63) is 59.7 Å². The molecule has 0 radical (unpaired) electrons. The highest BCUT2D eigenvalue weighted by Crippen LogP contribution is 2.30. The van der Waals surface area contributed by atoms with Gasteiger partial charge in [0.25, 0.3) is 5.91 Å². The molecule has 2 aliphatic rings. The molecule has 1 amide bonds. The van der Waals surface area contributed by atoms with Crippen molar-refractivity contribution in [2.75, 3.05) is 33.3 Å². The largest absolute Gasteiger partial charge is 0.497 e. The molecule has 1 atom stereocenters. The summed E-state index contributed by atoms with van der Waals surface area (Å²) in [6.45, 7) is 2.40. The molecule has 166 valence electrons. The second-order valence-electron chi connectivity index (χ2n) is 8.36. The van der Waals surface area contributed by atoms with Crippen LogP contribution in [0, 0.1) is 0 Å². The Bertz CT molecular complexity index is 1010. The second-order valence-corrected chi connectivity index (χ2v) is 10.3. The highest BCUT2D eigenvalue weighted by molar-refractivity contribution is 7.89. The molecule has 6 nitrogen and oxygen atoms in total. The van der Waals surface area contributed by atoms with E-state index >= 15 is 0 Å². The van der Waals surface area contributed by atoms with Gasteiger partial charge < -0.3 is 9.64 Å². The predicted octanol–water partition coefficient (Wildman–Crippen LogP) is 3.89. The third-order valence-corrected chi connectivity index (χ3v) is 8.24. The Morgan fingerprint density at radius 2 is 1.68 bits per heavy atom. The molecule has 0 aliphatic carbocycles. The maximum atomic E-state index is 13.1. The summed E-state index contributed by atoms with van der Waals surface area (Å²) in [5.41, 5.74) is 1.62. The molecule has 0 bridgehead atoms. The van der Waals surface area contributed by atoms with Gasteiger partial charge in [0.1, 0.15) is 5.75 Å². The molecule has 0 saturated carbocycles. The van der Waals surface area contributed by atoms with Gasteiger partial charge in [-0.2, -0.15) is 4.31 Å². The summed E-state index contributed by atoms with van der Waals surface area (Å²) in [5, 5.41) is 0. The zero-order valence-corrected chi connectivity index (χ0v) is 18.8. The van der Waals surface area contributed by atoms with Crippen LogP contribution in [0.1, 0.15) is 53.9 Å². The van der Waals surface area contributed by atoms with Gasteiger partial charge in [-0.05, 0) is 55.2 Å². The average Bonchev–Trinajstić information content (AvgIpc) is 3.13. The summed E-state index contributed by atoms with van der Waals surface area (Å²) in [5.74, 6) is 0.986. The van der Waals surface area contributed by atoms with Crippen molar-refractivity contribution in [2.45, 2.75) is 42.9 Å². The number of benzene rings is 2. The van der Waals surface area contributed by atoms with Gasteiger partial charge in [0.05, 0.1) is 12.0 Å². The number of ether oxygens (including phenoxy) is 1. The van der Waals surface area contributed by atoms with E-state index in [1.807, 2.05) is 29.2 Å². The molecular weight excluding hydrogens is 412 g/mol. The van der Waals surface area contributed by atoms with E-state index in [9.17, 15) is 13.2 Å². The van der Waals surface area contributed by atoms with E-state index < -0.39 is 10.0 Å². The first-order valence-electron chi connectivity index (χ1n) is 11.0.